The number of rotatable bonds is 4. The summed E-state index contributed by atoms with van der Waals surface area (Å²) < 4.78 is 11.2. The third-order valence-electron chi connectivity index (χ3n) is 1.73. The van der Waals surface area contributed by atoms with Crippen LogP contribution in [-0.2, 0) is 9.16 Å². The standard InChI is InChI=1S/C12H26O2Si/c1-10(9-12(2,3)4)11(13-5)14-15(6,7)8/h9H2,1-8H3/b11-10+. The largest absolute Gasteiger partial charge is 0.520 e. The summed E-state index contributed by atoms with van der Waals surface area (Å²) in [5.74, 6) is 0.726. The summed E-state index contributed by atoms with van der Waals surface area (Å²) in [7, 11) is 0.120. The van der Waals surface area contributed by atoms with Crippen LogP contribution in [0.25, 0.3) is 0 Å². The second-order valence-corrected chi connectivity index (χ2v) is 10.7. The van der Waals surface area contributed by atoms with Gasteiger partial charge in [0, 0.05) is 5.57 Å². The maximum atomic E-state index is 5.89. The van der Waals surface area contributed by atoms with Crippen LogP contribution < -0.4 is 0 Å². The summed E-state index contributed by atoms with van der Waals surface area (Å²) in [5, 5.41) is 0. The summed E-state index contributed by atoms with van der Waals surface area (Å²) in [6.07, 6.45) is 1.00. The van der Waals surface area contributed by atoms with Crippen molar-refractivity contribution < 1.29 is 9.16 Å². The molecule has 0 saturated carbocycles. The van der Waals surface area contributed by atoms with E-state index in [4.69, 9.17) is 9.16 Å². The molecular formula is C12H26O2Si. The Balaban J connectivity index is 4.68. The molecule has 15 heavy (non-hydrogen) atoms. The van der Waals surface area contributed by atoms with Gasteiger partial charge in [0.15, 0.2) is 0 Å². The van der Waals surface area contributed by atoms with Gasteiger partial charge in [-0.25, -0.2) is 0 Å². The van der Waals surface area contributed by atoms with Crippen molar-refractivity contribution in [2.24, 2.45) is 5.41 Å². The van der Waals surface area contributed by atoms with E-state index in [9.17, 15) is 0 Å². The highest BCUT2D eigenvalue weighted by Gasteiger charge is 2.21. The molecule has 0 heterocycles. The number of ether oxygens (including phenoxy) is 1. The maximum Gasteiger partial charge on any atom is 0.263 e. The Labute approximate surface area is 95.8 Å². The van der Waals surface area contributed by atoms with Crippen LogP contribution in [0.2, 0.25) is 19.6 Å². The lowest BCUT2D eigenvalue weighted by molar-refractivity contribution is 0.138. The maximum absolute atomic E-state index is 5.89. The molecule has 0 atom stereocenters. The van der Waals surface area contributed by atoms with Gasteiger partial charge < -0.3 is 9.16 Å². The van der Waals surface area contributed by atoms with Crippen LogP contribution >= 0.6 is 0 Å². The van der Waals surface area contributed by atoms with E-state index in [1.807, 2.05) is 0 Å². The minimum absolute atomic E-state index is 0.274. The molecule has 0 fully saturated rings. The van der Waals surface area contributed by atoms with Crippen molar-refractivity contribution in [1.82, 2.24) is 0 Å². The van der Waals surface area contributed by atoms with Crippen molar-refractivity contribution in [3.05, 3.63) is 11.5 Å². The van der Waals surface area contributed by atoms with Gasteiger partial charge in [-0.2, -0.15) is 0 Å². The first-order valence-corrected chi connectivity index (χ1v) is 8.89. The fraction of sp³-hybridized carbons (Fsp3) is 0.833. The summed E-state index contributed by atoms with van der Waals surface area (Å²) in [6, 6.07) is 0. The highest BCUT2D eigenvalue weighted by atomic mass is 28.4. The van der Waals surface area contributed by atoms with Crippen molar-refractivity contribution in [2.45, 2.75) is 53.8 Å². The van der Waals surface area contributed by atoms with Gasteiger partial charge in [-0.05, 0) is 38.4 Å². The lowest BCUT2D eigenvalue weighted by Gasteiger charge is -2.25. The molecule has 0 rings (SSSR count). The third kappa shape index (κ3) is 7.48. The SMILES string of the molecule is CO/C(O[Si](C)(C)C)=C(/C)CC(C)(C)C. The molecular weight excluding hydrogens is 204 g/mol. The Kier molecular flexibility index (Phi) is 4.91. The summed E-state index contributed by atoms with van der Waals surface area (Å²) in [6.45, 7) is 15.2. The molecule has 0 saturated heterocycles. The number of methoxy groups -OCH3 is 1. The fourth-order valence-electron chi connectivity index (χ4n) is 1.45. The van der Waals surface area contributed by atoms with E-state index in [0.29, 0.717) is 0 Å². The van der Waals surface area contributed by atoms with Gasteiger partial charge in [-0.3, -0.25) is 0 Å². The predicted molar refractivity (Wildman–Crippen MR) is 68.2 cm³/mol. The Hall–Kier alpha value is -0.443. The summed E-state index contributed by atoms with van der Waals surface area (Å²) in [4.78, 5) is 0. The van der Waals surface area contributed by atoms with Crippen LogP contribution in [0.15, 0.2) is 11.5 Å². The molecule has 0 aromatic rings. The number of hydrogen-bond acceptors (Lipinski definition) is 2. The first kappa shape index (κ1) is 14.6. The van der Waals surface area contributed by atoms with E-state index in [1.165, 1.54) is 5.57 Å². The highest BCUT2D eigenvalue weighted by molar-refractivity contribution is 6.70. The number of hydrogen-bond donors (Lipinski definition) is 0. The lowest BCUT2D eigenvalue weighted by Crippen LogP contribution is -2.26. The predicted octanol–water partition coefficient (Wildman–Crippen LogP) is 4.15. The molecule has 0 aliphatic carbocycles. The van der Waals surface area contributed by atoms with Gasteiger partial charge in [0.05, 0.1) is 7.11 Å². The van der Waals surface area contributed by atoms with Gasteiger partial charge >= 0.3 is 0 Å². The van der Waals surface area contributed by atoms with Gasteiger partial charge in [-0.1, -0.05) is 20.8 Å². The molecule has 3 heteroatoms. The lowest BCUT2D eigenvalue weighted by atomic mass is 9.89. The monoisotopic (exact) mass is 230 g/mol. The van der Waals surface area contributed by atoms with E-state index >= 15 is 0 Å². The summed E-state index contributed by atoms with van der Waals surface area (Å²) in [5.41, 5.74) is 1.48. The average Bonchev–Trinajstić information content (AvgIpc) is 1.94. The quantitative estimate of drug-likeness (QED) is 0.533. The van der Waals surface area contributed by atoms with Crippen LogP contribution in [0.3, 0.4) is 0 Å². The smallest absolute Gasteiger partial charge is 0.263 e. The molecule has 0 aromatic heterocycles. The van der Waals surface area contributed by atoms with Crippen molar-refractivity contribution in [3.63, 3.8) is 0 Å². The van der Waals surface area contributed by atoms with Crippen molar-refractivity contribution in [3.8, 4) is 0 Å². The zero-order valence-corrected chi connectivity index (χ0v) is 12.5. The van der Waals surface area contributed by atoms with Crippen LogP contribution in [0, 0.1) is 5.41 Å². The van der Waals surface area contributed by atoms with Crippen LogP contribution in [-0.4, -0.2) is 15.4 Å². The first-order chi connectivity index (χ1) is 6.55. The van der Waals surface area contributed by atoms with Crippen molar-refractivity contribution >= 4 is 8.32 Å². The molecule has 0 spiro atoms. The molecule has 90 valence electrons. The van der Waals surface area contributed by atoms with E-state index in [1.54, 1.807) is 7.11 Å². The molecule has 0 aromatic carbocycles. The second kappa shape index (κ2) is 5.06. The molecule has 0 N–H and O–H groups in total. The Morgan fingerprint density at radius 1 is 1.13 bits per heavy atom. The normalized spacial score (nSPS) is 14.7. The van der Waals surface area contributed by atoms with Crippen molar-refractivity contribution in [2.75, 3.05) is 7.11 Å². The topological polar surface area (TPSA) is 18.5 Å². The minimum Gasteiger partial charge on any atom is -0.520 e. The van der Waals surface area contributed by atoms with E-state index in [0.717, 1.165) is 12.4 Å². The average molecular weight is 230 g/mol. The Bertz CT molecular complexity index is 231. The van der Waals surface area contributed by atoms with E-state index in [2.05, 4.69) is 47.3 Å². The van der Waals surface area contributed by atoms with Crippen molar-refractivity contribution in [1.29, 1.82) is 0 Å². The first-order valence-electron chi connectivity index (χ1n) is 5.48. The second-order valence-electron chi connectivity index (χ2n) is 6.22. The van der Waals surface area contributed by atoms with Crippen LogP contribution in [0.1, 0.15) is 34.1 Å². The molecule has 2 nitrogen and oxygen atoms in total. The van der Waals surface area contributed by atoms with E-state index in [-0.39, 0.29) is 5.41 Å². The summed E-state index contributed by atoms with van der Waals surface area (Å²) >= 11 is 0. The van der Waals surface area contributed by atoms with Gasteiger partial charge in [0.1, 0.15) is 0 Å². The molecule has 0 bridgehead atoms. The van der Waals surface area contributed by atoms with Gasteiger partial charge in [-0.15, -0.1) is 0 Å². The Morgan fingerprint density at radius 3 is 1.87 bits per heavy atom. The Morgan fingerprint density at radius 2 is 1.60 bits per heavy atom. The van der Waals surface area contributed by atoms with Crippen LogP contribution in [0.4, 0.5) is 0 Å². The molecule has 0 unspecified atom stereocenters. The van der Waals surface area contributed by atoms with E-state index < -0.39 is 8.32 Å². The molecule has 0 radical (unpaired) electrons. The fourth-order valence-corrected chi connectivity index (χ4v) is 2.26. The van der Waals surface area contributed by atoms with Crippen LogP contribution in [0.5, 0.6) is 0 Å². The zero-order valence-electron chi connectivity index (χ0n) is 11.5. The third-order valence-corrected chi connectivity index (χ3v) is 2.53. The van der Waals surface area contributed by atoms with Gasteiger partial charge in [0.2, 0.25) is 8.32 Å². The molecule has 0 amide bonds. The molecule has 0 aliphatic heterocycles. The minimum atomic E-state index is -1.56. The zero-order chi connectivity index (χ0) is 12.3. The number of allylic oxidation sites excluding steroid dienone is 1. The molecule has 0 aliphatic rings. The van der Waals surface area contributed by atoms with Gasteiger partial charge in [0.25, 0.3) is 5.95 Å². The highest BCUT2D eigenvalue weighted by Crippen LogP contribution is 2.27.